The predicted octanol–water partition coefficient (Wildman–Crippen LogP) is 0.447. The number of hydrogen-bond acceptors (Lipinski definition) is 3. The molecule has 1 fully saturated rings. The zero-order valence-corrected chi connectivity index (χ0v) is 5.50. The summed E-state index contributed by atoms with van der Waals surface area (Å²) in [4.78, 5) is 21.2. The highest BCUT2D eigenvalue weighted by Gasteiger charge is 2.27. The summed E-state index contributed by atoms with van der Waals surface area (Å²) in [6.45, 7) is 3.29. The van der Waals surface area contributed by atoms with Crippen molar-refractivity contribution in [3.8, 4) is 0 Å². The molecule has 0 aromatic heterocycles. The van der Waals surface area contributed by atoms with Crippen LogP contribution in [0.1, 0.15) is 12.8 Å². The standard InChI is InChI=1S/C7H8O3/c1-2-5(8)6-3-4-7(9)10-6/h2,6H,1,3-4H2. The van der Waals surface area contributed by atoms with Crippen LogP contribution in [0.5, 0.6) is 0 Å². The summed E-state index contributed by atoms with van der Waals surface area (Å²) >= 11 is 0. The van der Waals surface area contributed by atoms with Crippen LogP contribution in [0.4, 0.5) is 0 Å². The average molecular weight is 140 g/mol. The summed E-state index contributed by atoms with van der Waals surface area (Å²) in [7, 11) is 0. The molecule has 1 atom stereocenters. The minimum Gasteiger partial charge on any atom is -0.454 e. The second-order valence-electron chi connectivity index (χ2n) is 2.12. The van der Waals surface area contributed by atoms with E-state index in [1.165, 1.54) is 6.08 Å². The average Bonchev–Trinajstić information content (AvgIpc) is 2.34. The van der Waals surface area contributed by atoms with Gasteiger partial charge in [0.05, 0.1) is 0 Å². The minimum atomic E-state index is -0.551. The van der Waals surface area contributed by atoms with Crippen LogP contribution < -0.4 is 0 Å². The lowest BCUT2D eigenvalue weighted by molar-refractivity contribution is -0.145. The largest absolute Gasteiger partial charge is 0.454 e. The maximum absolute atomic E-state index is 10.8. The maximum Gasteiger partial charge on any atom is 0.306 e. The summed E-state index contributed by atoms with van der Waals surface area (Å²) in [6, 6.07) is 0. The van der Waals surface area contributed by atoms with Crippen molar-refractivity contribution in [3.63, 3.8) is 0 Å². The van der Waals surface area contributed by atoms with E-state index < -0.39 is 6.10 Å². The van der Waals surface area contributed by atoms with Crippen LogP contribution in [0.3, 0.4) is 0 Å². The normalized spacial score (nSPS) is 24.0. The molecule has 10 heavy (non-hydrogen) atoms. The molecule has 1 rings (SSSR count). The van der Waals surface area contributed by atoms with Gasteiger partial charge >= 0.3 is 5.97 Å². The molecular weight excluding hydrogens is 132 g/mol. The fourth-order valence-corrected chi connectivity index (χ4v) is 0.857. The second-order valence-corrected chi connectivity index (χ2v) is 2.12. The molecule has 1 unspecified atom stereocenters. The van der Waals surface area contributed by atoms with E-state index in [-0.39, 0.29) is 11.8 Å². The number of hydrogen-bond donors (Lipinski definition) is 0. The van der Waals surface area contributed by atoms with Gasteiger partial charge in [-0.15, -0.1) is 0 Å². The van der Waals surface area contributed by atoms with Crippen LogP contribution >= 0.6 is 0 Å². The Kier molecular flexibility index (Phi) is 1.85. The van der Waals surface area contributed by atoms with Crippen molar-refractivity contribution in [1.29, 1.82) is 0 Å². The molecule has 1 heterocycles. The first-order chi connectivity index (χ1) is 4.74. The Labute approximate surface area is 58.7 Å². The molecule has 1 saturated heterocycles. The Bertz CT molecular complexity index is 183. The third-order valence-electron chi connectivity index (χ3n) is 1.40. The van der Waals surface area contributed by atoms with E-state index in [9.17, 15) is 9.59 Å². The third kappa shape index (κ3) is 1.23. The Morgan fingerprint density at radius 3 is 2.90 bits per heavy atom. The number of esters is 1. The molecule has 0 radical (unpaired) electrons. The van der Waals surface area contributed by atoms with Gasteiger partial charge in [-0.2, -0.15) is 0 Å². The van der Waals surface area contributed by atoms with Gasteiger partial charge in [-0.05, 0) is 6.08 Å². The Morgan fingerprint density at radius 1 is 1.80 bits per heavy atom. The van der Waals surface area contributed by atoms with Gasteiger partial charge in [0.2, 0.25) is 0 Å². The number of carbonyl (C=O) groups excluding carboxylic acids is 2. The predicted molar refractivity (Wildman–Crippen MR) is 34.3 cm³/mol. The molecule has 3 nitrogen and oxygen atoms in total. The fraction of sp³-hybridized carbons (Fsp3) is 0.429. The first-order valence-electron chi connectivity index (χ1n) is 3.10. The molecule has 1 aliphatic heterocycles. The van der Waals surface area contributed by atoms with Crippen molar-refractivity contribution in [3.05, 3.63) is 12.7 Å². The fourth-order valence-electron chi connectivity index (χ4n) is 0.857. The molecule has 0 N–H and O–H groups in total. The van der Waals surface area contributed by atoms with E-state index in [2.05, 4.69) is 11.3 Å². The topological polar surface area (TPSA) is 43.4 Å². The van der Waals surface area contributed by atoms with Gasteiger partial charge in [-0.3, -0.25) is 9.59 Å². The summed E-state index contributed by atoms with van der Waals surface area (Å²) < 4.78 is 4.65. The number of ketones is 1. The molecule has 54 valence electrons. The molecule has 0 bridgehead atoms. The van der Waals surface area contributed by atoms with Gasteiger partial charge in [0, 0.05) is 12.8 Å². The summed E-state index contributed by atoms with van der Waals surface area (Å²) in [5.41, 5.74) is 0. The van der Waals surface area contributed by atoms with Gasteiger partial charge in [0.25, 0.3) is 0 Å². The van der Waals surface area contributed by atoms with Crippen molar-refractivity contribution in [1.82, 2.24) is 0 Å². The highest BCUT2D eigenvalue weighted by molar-refractivity contribution is 5.95. The van der Waals surface area contributed by atoms with Crippen molar-refractivity contribution in [2.75, 3.05) is 0 Å². The summed E-state index contributed by atoms with van der Waals surface area (Å²) in [6.07, 6.45) is 1.49. The highest BCUT2D eigenvalue weighted by atomic mass is 16.6. The van der Waals surface area contributed by atoms with E-state index in [4.69, 9.17) is 0 Å². The van der Waals surface area contributed by atoms with Gasteiger partial charge in [-0.1, -0.05) is 6.58 Å². The van der Waals surface area contributed by atoms with Crippen LogP contribution in [-0.2, 0) is 14.3 Å². The number of rotatable bonds is 2. The highest BCUT2D eigenvalue weighted by Crippen LogP contribution is 2.14. The van der Waals surface area contributed by atoms with E-state index in [1.807, 2.05) is 0 Å². The van der Waals surface area contributed by atoms with E-state index in [0.717, 1.165) is 0 Å². The first kappa shape index (κ1) is 6.99. The SMILES string of the molecule is C=CC(=O)C1CCC(=O)O1. The van der Waals surface area contributed by atoms with Crippen LogP contribution in [0.15, 0.2) is 12.7 Å². The van der Waals surface area contributed by atoms with E-state index in [0.29, 0.717) is 12.8 Å². The molecular formula is C7H8O3. The van der Waals surface area contributed by atoms with Gasteiger partial charge < -0.3 is 4.74 Å². The summed E-state index contributed by atoms with van der Waals surface area (Å²) in [5, 5.41) is 0. The van der Waals surface area contributed by atoms with Gasteiger partial charge in [0.15, 0.2) is 11.9 Å². The summed E-state index contributed by atoms with van der Waals surface area (Å²) in [5.74, 6) is -0.494. The lowest BCUT2D eigenvalue weighted by atomic mass is 10.2. The van der Waals surface area contributed by atoms with Crippen molar-refractivity contribution in [2.45, 2.75) is 18.9 Å². The van der Waals surface area contributed by atoms with Crippen LogP contribution in [0.2, 0.25) is 0 Å². The Morgan fingerprint density at radius 2 is 2.50 bits per heavy atom. The van der Waals surface area contributed by atoms with Crippen molar-refractivity contribution >= 4 is 11.8 Å². The molecule has 0 amide bonds. The van der Waals surface area contributed by atoms with Crippen LogP contribution in [-0.4, -0.2) is 17.9 Å². The lowest BCUT2D eigenvalue weighted by Gasteiger charge is -2.01. The second kappa shape index (κ2) is 2.64. The van der Waals surface area contributed by atoms with Crippen molar-refractivity contribution in [2.24, 2.45) is 0 Å². The number of cyclic esters (lactones) is 1. The number of ether oxygens (including phenoxy) is 1. The Balaban J connectivity index is 2.52. The molecule has 1 aliphatic rings. The quantitative estimate of drug-likeness (QED) is 0.413. The molecule has 0 aromatic rings. The molecule has 0 aromatic carbocycles. The maximum atomic E-state index is 10.8. The molecule has 0 saturated carbocycles. The van der Waals surface area contributed by atoms with E-state index >= 15 is 0 Å². The van der Waals surface area contributed by atoms with Crippen LogP contribution in [0, 0.1) is 0 Å². The zero-order valence-electron chi connectivity index (χ0n) is 5.50. The molecule has 0 aliphatic carbocycles. The van der Waals surface area contributed by atoms with Gasteiger partial charge in [0.1, 0.15) is 0 Å². The monoisotopic (exact) mass is 140 g/mol. The zero-order chi connectivity index (χ0) is 7.56. The third-order valence-corrected chi connectivity index (χ3v) is 1.40. The minimum absolute atomic E-state index is 0.203. The Hall–Kier alpha value is -1.12. The smallest absolute Gasteiger partial charge is 0.306 e. The van der Waals surface area contributed by atoms with Gasteiger partial charge in [-0.25, -0.2) is 0 Å². The first-order valence-corrected chi connectivity index (χ1v) is 3.10. The van der Waals surface area contributed by atoms with Crippen LogP contribution in [0.25, 0.3) is 0 Å². The number of carbonyl (C=O) groups is 2. The lowest BCUT2D eigenvalue weighted by Crippen LogP contribution is -2.17. The van der Waals surface area contributed by atoms with Crippen molar-refractivity contribution < 1.29 is 14.3 Å². The van der Waals surface area contributed by atoms with E-state index in [1.54, 1.807) is 0 Å². The molecule has 3 heteroatoms. The molecule has 0 spiro atoms.